The lowest BCUT2D eigenvalue weighted by molar-refractivity contribution is -0.123. The Balaban J connectivity index is 0.00000220. The van der Waals surface area contributed by atoms with Gasteiger partial charge in [0.2, 0.25) is 5.91 Å². The third-order valence-corrected chi connectivity index (χ3v) is 4.35. The number of benzene rings is 1. The van der Waals surface area contributed by atoms with E-state index >= 15 is 0 Å². The fourth-order valence-corrected chi connectivity index (χ4v) is 3.00. The van der Waals surface area contributed by atoms with Crippen LogP contribution in [-0.4, -0.2) is 18.0 Å². The molecule has 0 unspecified atom stereocenters. The van der Waals surface area contributed by atoms with Crippen LogP contribution < -0.4 is 11.1 Å². The van der Waals surface area contributed by atoms with Crippen molar-refractivity contribution in [2.24, 2.45) is 5.73 Å². The molecule has 21 heavy (non-hydrogen) atoms. The van der Waals surface area contributed by atoms with Crippen LogP contribution in [0.1, 0.15) is 49.7 Å². The molecular weight excluding hydrogens is 284 g/mol. The van der Waals surface area contributed by atoms with Crippen molar-refractivity contribution in [3.05, 3.63) is 35.4 Å². The van der Waals surface area contributed by atoms with E-state index < -0.39 is 0 Å². The van der Waals surface area contributed by atoms with E-state index in [1.165, 1.54) is 24.0 Å². The van der Waals surface area contributed by atoms with Crippen LogP contribution in [0, 0.1) is 6.92 Å². The minimum Gasteiger partial charge on any atom is -0.349 e. The van der Waals surface area contributed by atoms with E-state index in [1.54, 1.807) is 0 Å². The Labute approximate surface area is 134 Å². The highest BCUT2D eigenvalue weighted by Gasteiger charge is 2.33. The van der Waals surface area contributed by atoms with Gasteiger partial charge in [0.1, 0.15) is 0 Å². The fraction of sp³-hybridized carbons (Fsp3) is 0.588. The smallest absolute Gasteiger partial charge is 0.220 e. The van der Waals surface area contributed by atoms with Gasteiger partial charge in [0.05, 0.1) is 5.54 Å². The molecule has 0 aromatic heterocycles. The van der Waals surface area contributed by atoms with Crippen molar-refractivity contribution in [3.8, 4) is 0 Å². The van der Waals surface area contributed by atoms with Crippen LogP contribution in [0.3, 0.4) is 0 Å². The number of aryl methyl sites for hydroxylation is 2. The maximum absolute atomic E-state index is 12.0. The molecule has 0 bridgehead atoms. The third kappa shape index (κ3) is 5.33. The second-order valence-corrected chi connectivity index (χ2v) is 6.08. The van der Waals surface area contributed by atoms with E-state index in [4.69, 9.17) is 5.73 Å². The summed E-state index contributed by atoms with van der Waals surface area (Å²) >= 11 is 0. The summed E-state index contributed by atoms with van der Waals surface area (Å²) in [7, 11) is 0. The summed E-state index contributed by atoms with van der Waals surface area (Å²) in [5, 5.41) is 3.17. The average Bonchev–Trinajstić information content (AvgIpc) is 2.90. The Morgan fingerprint density at radius 1 is 1.24 bits per heavy atom. The molecule has 0 radical (unpaired) electrons. The zero-order valence-corrected chi connectivity index (χ0v) is 13.7. The largest absolute Gasteiger partial charge is 0.349 e. The average molecular weight is 311 g/mol. The molecule has 3 nitrogen and oxygen atoms in total. The van der Waals surface area contributed by atoms with E-state index in [9.17, 15) is 4.79 Å². The molecule has 0 heterocycles. The predicted molar refractivity (Wildman–Crippen MR) is 89.8 cm³/mol. The predicted octanol–water partition coefficient (Wildman–Crippen LogP) is 3.13. The standard InChI is InChI=1S/C17H26N2O.ClH/c1-14-7-9-15(10-8-14)5-4-6-16(20)19-17(13-18)11-2-3-12-17;/h7-10H,2-6,11-13,18H2,1H3,(H,19,20);1H. The first-order valence-electron chi connectivity index (χ1n) is 7.70. The molecular formula is C17H27ClN2O. The van der Waals surface area contributed by atoms with Crippen LogP contribution in [-0.2, 0) is 11.2 Å². The number of nitrogens with two attached hydrogens (primary N) is 1. The number of nitrogens with one attached hydrogen (secondary N) is 1. The summed E-state index contributed by atoms with van der Waals surface area (Å²) < 4.78 is 0. The number of hydrogen-bond acceptors (Lipinski definition) is 2. The van der Waals surface area contributed by atoms with Crippen molar-refractivity contribution in [1.82, 2.24) is 5.32 Å². The number of carbonyl (C=O) groups excluding carboxylic acids is 1. The topological polar surface area (TPSA) is 55.1 Å². The third-order valence-electron chi connectivity index (χ3n) is 4.35. The minimum absolute atomic E-state index is 0. The monoisotopic (exact) mass is 310 g/mol. The Morgan fingerprint density at radius 3 is 2.43 bits per heavy atom. The molecule has 1 aliphatic rings. The first kappa shape index (κ1) is 18.0. The zero-order chi connectivity index (χ0) is 14.4. The maximum atomic E-state index is 12.0. The molecule has 4 heteroatoms. The van der Waals surface area contributed by atoms with Crippen molar-refractivity contribution in [1.29, 1.82) is 0 Å². The van der Waals surface area contributed by atoms with E-state index in [2.05, 4.69) is 36.5 Å². The van der Waals surface area contributed by atoms with Gasteiger partial charge >= 0.3 is 0 Å². The Morgan fingerprint density at radius 2 is 1.86 bits per heavy atom. The summed E-state index contributed by atoms with van der Waals surface area (Å²) in [5.74, 6) is 0.157. The lowest BCUT2D eigenvalue weighted by Gasteiger charge is -2.28. The SMILES string of the molecule is Cc1ccc(CCCC(=O)NC2(CN)CCCC2)cc1.Cl. The van der Waals surface area contributed by atoms with Crippen molar-refractivity contribution >= 4 is 18.3 Å². The van der Waals surface area contributed by atoms with Crippen LogP contribution in [0.5, 0.6) is 0 Å². The number of amides is 1. The van der Waals surface area contributed by atoms with Crippen LogP contribution in [0.4, 0.5) is 0 Å². The van der Waals surface area contributed by atoms with E-state index in [0.717, 1.165) is 25.7 Å². The molecule has 1 aliphatic carbocycles. The molecule has 3 N–H and O–H groups in total. The summed E-state index contributed by atoms with van der Waals surface area (Å²) in [5.41, 5.74) is 8.31. The van der Waals surface area contributed by atoms with Crippen LogP contribution in [0.2, 0.25) is 0 Å². The van der Waals surface area contributed by atoms with E-state index in [1.807, 2.05) is 0 Å². The molecule has 1 amide bonds. The Hall–Kier alpha value is -1.06. The molecule has 0 spiro atoms. The highest BCUT2D eigenvalue weighted by Crippen LogP contribution is 2.28. The minimum atomic E-state index is -0.110. The first-order chi connectivity index (χ1) is 9.63. The van der Waals surface area contributed by atoms with Crippen molar-refractivity contribution in [2.75, 3.05) is 6.54 Å². The molecule has 1 aromatic rings. The van der Waals surface area contributed by atoms with Crippen LogP contribution in [0.15, 0.2) is 24.3 Å². The van der Waals surface area contributed by atoms with Gasteiger partial charge in [-0.2, -0.15) is 0 Å². The lowest BCUT2D eigenvalue weighted by Crippen LogP contribution is -2.51. The van der Waals surface area contributed by atoms with Crippen molar-refractivity contribution in [3.63, 3.8) is 0 Å². The van der Waals surface area contributed by atoms with Gasteiger partial charge in [-0.1, -0.05) is 42.7 Å². The molecule has 2 rings (SSSR count). The molecule has 1 aromatic carbocycles. The van der Waals surface area contributed by atoms with Gasteiger partial charge in [0, 0.05) is 13.0 Å². The summed E-state index contributed by atoms with van der Waals surface area (Å²) in [6.45, 7) is 2.65. The quantitative estimate of drug-likeness (QED) is 0.848. The number of hydrogen-bond donors (Lipinski definition) is 2. The molecule has 0 atom stereocenters. The molecule has 0 saturated heterocycles. The van der Waals surface area contributed by atoms with Gasteiger partial charge in [0.25, 0.3) is 0 Å². The summed E-state index contributed by atoms with van der Waals surface area (Å²) in [6.07, 6.45) is 6.89. The summed E-state index contributed by atoms with van der Waals surface area (Å²) in [4.78, 5) is 12.0. The van der Waals surface area contributed by atoms with Crippen LogP contribution >= 0.6 is 12.4 Å². The van der Waals surface area contributed by atoms with Crippen LogP contribution in [0.25, 0.3) is 0 Å². The highest BCUT2D eigenvalue weighted by atomic mass is 35.5. The fourth-order valence-electron chi connectivity index (χ4n) is 3.00. The van der Waals surface area contributed by atoms with Gasteiger partial charge in [-0.05, 0) is 38.2 Å². The molecule has 1 fully saturated rings. The number of rotatable bonds is 6. The molecule has 118 valence electrons. The van der Waals surface area contributed by atoms with Crippen molar-refractivity contribution < 1.29 is 4.79 Å². The lowest BCUT2D eigenvalue weighted by atomic mass is 9.97. The number of carbonyl (C=O) groups is 1. The Bertz CT molecular complexity index is 439. The van der Waals surface area contributed by atoms with Gasteiger partial charge < -0.3 is 11.1 Å². The van der Waals surface area contributed by atoms with Gasteiger partial charge in [-0.3, -0.25) is 4.79 Å². The van der Waals surface area contributed by atoms with E-state index in [0.29, 0.717) is 13.0 Å². The highest BCUT2D eigenvalue weighted by molar-refractivity contribution is 5.85. The van der Waals surface area contributed by atoms with Gasteiger partial charge in [-0.15, -0.1) is 12.4 Å². The zero-order valence-electron chi connectivity index (χ0n) is 12.9. The second-order valence-electron chi connectivity index (χ2n) is 6.08. The van der Waals surface area contributed by atoms with Gasteiger partial charge in [0.15, 0.2) is 0 Å². The number of halogens is 1. The maximum Gasteiger partial charge on any atom is 0.220 e. The summed E-state index contributed by atoms with van der Waals surface area (Å²) in [6, 6.07) is 8.53. The van der Waals surface area contributed by atoms with Crippen molar-refractivity contribution in [2.45, 2.75) is 57.4 Å². The first-order valence-corrected chi connectivity index (χ1v) is 7.70. The molecule has 1 saturated carbocycles. The second kappa shape index (κ2) is 8.40. The Kier molecular flexibility index (Phi) is 7.20. The van der Waals surface area contributed by atoms with Gasteiger partial charge in [-0.25, -0.2) is 0 Å². The molecule has 0 aliphatic heterocycles. The van der Waals surface area contributed by atoms with E-state index in [-0.39, 0.29) is 23.9 Å². The normalized spacial score (nSPS) is 16.3.